The van der Waals surface area contributed by atoms with E-state index in [1.807, 2.05) is 6.92 Å². The SMILES string of the molecule is CCCCc1c(F)c(F)nc(F)c1F. The van der Waals surface area contributed by atoms with Crippen LogP contribution in [-0.2, 0) is 6.42 Å². The van der Waals surface area contributed by atoms with Crippen LogP contribution in [0.5, 0.6) is 0 Å². The summed E-state index contributed by atoms with van der Waals surface area (Å²) in [5, 5.41) is 0. The molecule has 0 aliphatic heterocycles. The number of rotatable bonds is 3. The Morgan fingerprint density at radius 1 is 1.00 bits per heavy atom. The maximum atomic E-state index is 12.9. The van der Waals surface area contributed by atoms with Crippen LogP contribution in [0.15, 0.2) is 0 Å². The zero-order chi connectivity index (χ0) is 10.7. The quantitative estimate of drug-likeness (QED) is 0.548. The molecule has 0 saturated heterocycles. The molecule has 0 N–H and O–H groups in total. The maximum Gasteiger partial charge on any atom is 0.252 e. The highest BCUT2D eigenvalue weighted by Gasteiger charge is 2.19. The number of halogens is 4. The van der Waals surface area contributed by atoms with E-state index >= 15 is 0 Å². The molecule has 0 aliphatic carbocycles. The first kappa shape index (κ1) is 10.9. The fourth-order valence-electron chi connectivity index (χ4n) is 1.10. The van der Waals surface area contributed by atoms with Gasteiger partial charge in [-0.1, -0.05) is 13.3 Å². The Hall–Kier alpha value is -1.13. The second kappa shape index (κ2) is 4.39. The Labute approximate surface area is 78.8 Å². The first-order valence-corrected chi connectivity index (χ1v) is 4.26. The van der Waals surface area contributed by atoms with Crippen LogP contribution in [0.4, 0.5) is 17.6 Å². The highest BCUT2D eigenvalue weighted by atomic mass is 19.2. The molecule has 0 spiro atoms. The van der Waals surface area contributed by atoms with Crippen molar-refractivity contribution in [3.05, 3.63) is 29.1 Å². The lowest BCUT2D eigenvalue weighted by Crippen LogP contribution is -2.06. The van der Waals surface area contributed by atoms with Crippen LogP contribution in [0.25, 0.3) is 0 Å². The lowest BCUT2D eigenvalue weighted by molar-refractivity contribution is 0.393. The summed E-state index contributed by atoms with van der Waals surface area (Å²) >= 11 is 0. The van der Waals surface area contributed by atoms with Crippen molar-refractivity contribution in [3.63, 3.8) is 0 Å². The fourth-order valence-corrected chi connectivity index (χ4v) is 1.10. The zero-order valence-corrected chi connectivity index (χ0v) is 7.58. The molecule has 0 bridgehead atoms. The molecule has 1 rings (SSSR count). The Morgan fingerprint density at radius 2 is 1.50 bits per heavy atom. The van der Waals surface area contributed by atoms with Gasteiger partial charge in [-0.3, -0.25) is 0 Å². The largest absolute Gasteiger partial charge is 0.252 e. The Balaban J connectivity index is 3.11. The van der Waals surface area contributed by atoms with Gasteiger partial charge in [0.15, 0.2) is 11.6 Å². The van der Waals surface area contributed by atoms with Gasteiger partial charge in [0.25, 0.3) is 11.9 Å². The van der Waals surface area contributed by atoms with Gasteiger partial charge in [-0.25, -0.2) is 8.78 Å². The van der Waals surface area contributed by atoms with E-state index in [4.69, 9.17) is 0 Å². The summed E-state index contributed by atoms with van der Waals surface area (Å²) in [6.45, 7) is 1.81. The summed E-state index contributed by atoms with van der Waals surface area (Å²) in [5.41, 5.74) is -0.558. The van der Waals surface area contributed by atoms with Crippen molar-refractivity contribution in [3.8, 4) is 0 Å². The van der Waals surface area contributed by atoms with Crippen LogP contribution in [0.1, 0.15) is 25.3 Å². The molecule has 0 fully saturated rings. The van der Waals surface area contributed by atoms with Crippen LogP contribution in [0, 0.1) is 23.5 Å². The van der Waals surface area contributed by atoms with Crippen molar-refractivity contribution in [1.82, 2.24) is 4.98 Å². The molecule has 1 aromatic rings. The normalized spacial score (nSPS) is 10.6. The van der Waals surface area contributed by atoms with Gasteiger partial charge in [-0.15, -0.1) is 0 Å². The van der Waals surface area contributed by atoms with Crippen molar-refractivity contribution in [1.29, 1.82) is 0 Å². The molecule has 1 heterocycles. The molecule has 0 unspecified atom stereocenters. The van der Waals surface area contributed by atoms with Crippen molar-refractivity contribution < 1.29 is 17.6 Å². The van der Waals surface area contributed by atoms with Gasteiger partial charge < -0.3 is 0 Å². The average Bonchev–Trinajstić information content (AvgIpc) is 2.15. The number of nitrogens with zero attached hydrogens (tertiary/aromatic N) is 1. The van der Waals surface area contributed by atoms with Crippen LogP contribution >= 0.6 is 0 Å². The minimum absolute atomic E-state index is 0.0233. The van der Waals surface area contributed by atoms with Gasteiger partial charge >= 0.3 is 0 Å². The molecule has 14 heavy (non-hydrogen) atoms. The third-order valence-electron chi connectivity index (χ3n) is 1.87. The zero-order valence-electron chi connectivity index (χ0n) is 7.58. The summed E-state index contributed by atoms with van der Waals surface area (Å²) in [6.07, 6.45) is 1.13. The second-order valence-electron chi connectivity index (χ2n) is 2.90. The fraction of sp³-hybridized carbons (Fsp3) is 0.444. The Bertz CT molecular complexity index is 312. The number of unbranched alkanes of at least 4 members (excludes halogenated alkanes) is 1. The smallest absolute Gasteiger partial charge is 0.202 e. The van der Waals surface area contributed by atoms with E-state index in [1.165, 1.54) is 0 Å². The lowest BCUT2D eigenvalue weighted by Gasteiger charge is -2.04. The predicted molar refractivity (Wildman–Crippen MR) is 42.7 cm³/mol. The minimum Gasteiger partial charge on any atom is -0.202 e. The number of hydrogen-bond donors (Lipinski definition) is 0. The van der Waals surface area contributed by atoms with Crippen LogP contribution in [-0.4, -0.2) is 4.98 Å². The van der Waals surface area contributed by atoms with Gasteiger partial charge in [0.2, 0.25) is 0 Å². The minimum atomic E-state index is -1.59. The van der Waals surface area contributed by atoms with E-state index in [1.54, 1.807) is 0 Å². The van der Waals surface area contributed by atoms with Gasteiger partial charge in [-0.2, -0.15) is 13.8 Å². The van der Waals surface area contributed by atoms with Gasteiger partial charge in [-0.05, 0) is 12.8 Å². The molecule has 1 aromatic heterocycles. The van der Waals surface area contributed by atoms with Crippen LogP contribution in [0.3, 0.4) is 0 Å². The number of hydrogen-bond acceptors (Lipinski definition) is 1. The van der Waals surface area contributed by atoms with Crippen LogP contribution < -0.4 is 0 Å². The van der Waals surface area contributed by atoms with Gasteiger partial charge in [0.05, 0.1) is 0 Å². The molecule has 0 aromatic carbocycles. The summed E-state index contributed by atoms with van der Waals surface area (Å²) in [7, 11) is 0. The molecule has 0 saturated carbocycles. The first-order valence-electron chi connectivity index (χ1n) is 4.26. The average molecular weight is 207 g/mol. The highest BCUT2D eigenvalue weighted by molar-refractivity contribution is 5.17. The number of aromatic nitrogens is 1. The summed E-state index contributed by atoms with van der Waals surface area (Å²) in [4.78, 5) is 2.46. The molecule has 78 valence electrons. The topological polar surface area (TPSA) is 12.9 Å². The number of pyridine rings is 1. The first-order chi connectivity index (χ1) is 6.57. The van der Waals surface area contributed by atoms with Gasteiger partial charge in [0.1, 0.15) is 0 Å². The van der Waals surface area contributed by atoms with Gasteiger partial charge in [0, 0.05) is 5.56 Å². The predicted octanol–water partition coefficient (Wildman–Crippen LogP) is 2.98. The maximum absolute atomic E-state index is 12.9. The van der Waals surface area contributed by atoms with E-state index in [9.17, 15) is 17.6 Å². The van der Waals surface area contributed by atoms with Crippen molar-refractivity contribution in [2.75, 3.05) is 0 Å². The van der Waals surface area contributed by atoms with Crippen molar-refractivity contribution in [2.45, 2.75) is 26.2 Å². The molecule has 0 amide bonds. The summed E-state index contributed by atoms with van der Waals surface area (Å²) in [6, 6.07) is 0. The molecule has 5 heteroatoms. The molecule has 0 aliphatic rings. The molecule has 0 atom stereocenters. The highest BCUT2D eigenvalue weighted by Crippen LogP contribution is 2.18. The summed E-state index contributed by atoms with van der Waals surface area (Å²) < 4.78 is 51.0. The Kier molecular flexibility index (Phi) is 3.43. The molecule has 0 radical (unpaired) electrons. The molecule has 1 nitrogen and oxygen atoms in total. The van der Waals surface area contributed by atoms with E-state index < -0.39 is 29.1 Å². The second-order valence-corrected chi connectivity index (χ2v) is 2.90. The standard InChI is InChI=1S/C9H9F4N/c1-2-3-4-5-6(10)8(12)14-9(13)7(5)11/h2-4H2,1H3. The van der Waals surface area contributed by atoms with E-state index in [-0.39, 0.29) is 6.42 Å². The molecular weight excluding hydrogens is 198 g/mol. The van der Waals surface area contributed by atoms with Crippen molar-refractivity contribution in [2.24, 2.45) is 0 Å². The third-order valence-corrected chi connectivity index (χ3v) is 1.87. The lowest BCUT2D eigenvalue weighted by atomic mass is 10.1. The van der Waals surface area contributed by atoms with E-state index in [0.29, 0.717) is 12.8 Å². The van der Waals surface area contributed by atoms with Crippen LogP contribution in [0.2, 0.25) is 0 Å². The third kappa shape index (κ3) is 2.02. The van der Waals surface area contributed by atoms with E-state index in [2.05, 4.69) is 4.98 Å². The summed E-state index contributed by atoms with van der Waals surface area (Å²) in [5.74, 6) is -5.96. The van der Waals surface area contributed by atoms with Crippen molar-refractivity contribution >= 4 is 0 Å². The van der Waals surface area contributed by atoms with E-state index in [0.717, 1.165) is 0 Å². The Morgan fingerprint density at radius 3 is 1.93 bits per heavy atom. The monoisotopic (exact) mass is 207 g/mol. The molecular formula is C9H9F4N.